The monoisotopic (exact) mass is 652 g/mol. The van der Waals surface area contributed by atoms with E-state index < -0.39 is 11.6 Å². The topological polar surface area (TPSA) is 43.2 Å². The maximum absolute atomic E-state index is 14.0. The minimum absolute atomic E-state index is 0.00937. The average Bonchev–Trinajstić information content (AvgIpc) is 3.51. The van der Waals surface area contributed by atoms with E-state index in [1.165, 1.54) is 0 Å². The molecule has 0 saturated heterocycles. The molecule has 0 radical (unpaired) electrons. The van der Waals surface area contributed by atoms with E-state index in [-0.39, 0.29) is 25.7 Å². The van der Waals surface area contributed by atoms with Crippen LogP contribution in [0.4, 0.5) is 5.69 Å². The molecule has 1 aliphatic rings. The Kier molecular flexibility index (Phi) is 7.80. The number of hydrogen-bond acceptors (Lipinski definition) is 4. The molecule has 5 nitrogen and oxygen atoms in total. The summed E-state index contributed by atoms with van der Waals surface area (Å²) in [6.45, 7) is 7.83. The molecule has 0 bridgehead atoms. The molecular weight excluding hydrogens is 626 g/mol. The number of cyclic esters (lactones) is 1. The number of methoxy groups -OCH3 is 1. The fourth-order valence-electron chi connectivity index (χ4n) is 6.33. The number of ether oxygens (including phenoxy) is 2. The summed E-state index contributed by atoms with van der Waals surface area (Å²) in [6.07, 6.45) is 1.98. The second kappa shape index (κ2) is 11.3. The number of aryl methyl sites for hydroxylation is 1. The Morgan fingerprint density at radius 3 is 2.19 bits per heavy atom. The van der Waals surface area contributed by atoms with Gasteiger partial charge in [0.25, 0.3) is 0 Å². The lowest BCUT2D eigenvalue weighted by atomic mass is 9.76. The summed E-state index contributed by atoms with van der Waals surface area (Å²) >= 11 is 27.0. The van der Waals surface area contributed by atoms with Gasteiger partial charge in [0.15, 0.2) is 5.60 Å². The molecular formula is C34H28Cl4N2O3. The van der Waals surface area contributed by atoms with Crippen LogP contribution in [0, 0.1) is 6.92 Å². The molecule has 0 fully saturated rings. The summed E-state index contributed by atoms with van der Waals surface area (Å²) in [7, 11) is 1.60. The lowest BCUT2D eigenvalue weighted by Crippen LogP contribution is -2.31. The SMILES string of the molecule is CCN(CC)c1ccc(C2(c3c(-c4ccccc4)c(C)n4ccccc34)OC(=O)c3c(Cl)c(Cl)c(Cl)c(Cl)c32)c(OC)c1. The zero-order valence-electron chi connectivity index (χ0n) is 24.0. The van der Waals surface area contributed by atoms with E-state index in [1.54, 1.807) is 7.11 Å². The maximum Gasteiger partial charge on any atom is 0.341 e. The van der Waals surface area contributed by atoms with E-state index in [0.717, 1.165) is 41.1 Å². The maximum atomic E-state index is 14.0. The zero-order valence-corrected chi connectivity index (χ0v) is 27.0. The van der Waals surface area contributed by atoms with Gasteiger partial charge in [-0.15, -0.1) is 0 Å². The molecule has 1 unspecified atom stereocenters. The highest BCUT2D eigenvalue weighted by molar-refractivity contribution is 6.53. The van der Waals surface area contributed by atoms with Crippen molar-refractivity contribution in [3.05, 3.63) is 121 Å². The number of nitrogens with zero attached hydrogens (tertiary/aromatic N) is 2. The number of anilines is 1. The Morgan fingerprint density at radius 1 is 0.837 bits per heavy atom. The first-order valence-electron chi connectivity index (χ1n) is 13.9. The first kappa shape index (κ1) is 29.7. The van der Waals surface area contributed by atoms with Gasteiger partial charge in [0.05, 0.1) is 38.3 Å². The average molecular weight is 654 g/mol. The van der Waals surface area contributed by atoms with Gasteiger partial charge in [-0.2, -0.15) is 0 Å². The number of benzene rings is 3. The lowest BCUT2D eigenvalue weighted by molar-refractivity contribution is 0.0251. The molecule has 0 amide bonds. The Hall–Kier alpha value is -3.35. The number of carbonyl (C=O) groups is 1. The van der Waals surface area contributed by atoms with Crippen LogP contribution in [0.5, 0.6) is 5.75 Å². The second-order valence-corrected chi connectivity index (χ2v) is 11.8. The summed E-state index contributed by atoms with van der Waals surface area (Å²) in [5.74, 6) is -0.155. The number of halogens is 4. The number of rotatable bonds is 7. The normalized spacial score (nSPS) is 16.0. The minimum atomic E-state index is -1.61. The fourth-order valence-corrected chi connectivity index (χ4v) is 7.40. The summed E-state index contributed by atoms with van der Waals surface area (Å²) in [5.41, 5.74) is 4.59. The van der Waals surface area contributed by atoms with Crippen molar-refractivity contribution in [3.8, 4) is 16.9 Å². The van der Waals surface area contributed by atoms with Crippen LogP contribution in [-0.4, -0.2) is 30.6 Å². The first-order chi connectivity index (χ1) is 20.7. The Labute approximate surface area is 270 Å². The van der Waals surface area contributed by atoms with Crippen molar-refractivity contribution in [2.75, 3.05) is 25.1 Å². The van der Waals surface area contributed by atoms with E-state index in [9.17, 15) is 4.79 Å². The molecule has 6 rings (SSSR count). The van der Waals surface area contributed by atoms with Crippen molar-refractivity contribution >= 4 is 63.6 Å². The van der Waals surface area contributed by atoms with Crippen LogP contribution in [-0.2, 0) is 10.3 Å². The molecule has 0 aliphatic carbocycles. The molecule has 3 aromatic carbocycles. The van der Waals surface area contributed by atoms with Crippen LogP contribution in [0.2, 0.25) is 20.1 Å². The number of aromatic nitrogens is 1. The number of fused-ring (bicyclic) bond motifs is 2. The minimum Gasteiger partial charge on any atom is -0.496 e. The smallest absolute Gasteiger partial charge is 0.341 e. The van der Waals surface area contributed by atoms with Crippen molar-refractivity contribution in [3.63, 3.8) is 0 Å². The predicted octanol–water partition coefficient (Wildman–Crippen LogP) is 9.85. The quantitative estimate of drug-likeness (QED) is 0.0996. The molecule has 9 heteroatoms. The highest BCUT2D eigenvalue weighted by Gasteiger charge is 2.56. The molecule has 43 heavy (non-hydrogen) atoms. The van der Waals surface area contributed by atoms with Gasteiger partial charge in [-0.1, -0.05) is 82.8 Å². The molecule has 2 aromatic heterocycles. The van der Waals surface area contributed by atoms with Crippen LogP contribution in [0.15, 0.2) is 72.9 Å². The molecule has 5 aromatic rings. The van der Waals surface area contributed by atoms with Crippen LogP contribution in [0.1, 0.15) is 46.6 Å². The van der Waals surface area contributed by atoms with Crippen LogP contribution in [0.3, 0.4) is 0 Å². The Bertz CT molecular complexity index is 1900. The van der Waals surface area contributed by atoms with Gasteiger partial charge in [-0.3, -0.25) is 0 Å². The first-order valence-corrected chi connectivity index (χ1v) is 15.4. The van der Waals surface area contributed by atoms with Crippen molar-refractivity contribution in [2.45, 2.75) is 26.4 Å². The number of hydrogen-bond donors (Lipinski definition) is 0. The van der Waals surface area contributed by atoms with Crippen LogP contribution >= 0.6 is 46.4 Å². The summed E-state index contributed by atoms with van der Waals surface area (Å²) < 4.78 is 14.8. The molecule has 3 heterocycles. The van der Waals surface area contributed by atoms with Crippen molar-refractivity contribution in [1.29, 1.82) is 0 Å². The molecule has 0 N–H and O–H groups in total. The third kappa shape index (κ3) is 4.32. The fraction of sp³-hybridized carbons (Fsp3) is 0.206. The Morgan fingerprint density at radius 2 is 1.51 bits per heavy atom. The lowest BCUT2D eigenvalue weighted by Gasteiger charge is -2.34. The second-order valence-electron chi connectivity index (χ2n) is 10.3. The standard InChI is InChI=1S/C34H28Cl4N2O3/c1-5-39(6-2)21-15-16-22(24(18-21)42-4)34(28-26(33(41)43-34)29(35)31(37)32(38)30(28)36)27-23-14-10-11-17-40(23)19(3)25(27)20-12-8-7-9-13-20/h7-18H,5-6H2,1-4H3. The van der Waals surface area contributed by atoms with E-state index in [0.29, 0.717) is 22.4 Å². The highest BCUT2D eigenvalue weighted by Crippen LogP contribution is 2.59. The van der Waals surface area contributed by atoms with E-state index in [4.69, 9.17) is 55.9 Å². The molecule has 1 atom stereocenters. The van der Waals surface area contributed by atoms with E-state index in [2.05, 4.69) is 23.1 Å². The third-order valence-corrected chi connectivity index (χ3v) is 10.1. The largest absolute Gasteiger partial charge is 0.496 e. The molecule has 0 spiro atoms. The van der Waals surface area contributed by atoms with Gasteiger partial charge in [-0.25, -0.2) is 4.79 Å². The number of carbonyl (C=O) groups excluding carboxylic acids is 1. The molecule has 1 aliphatic heterocycles. The zero-order chi connectivity index (χ0) is 30.6. The number of esters is 1. The molecule has 0 saturated carbocycles. The van der Waals surface area contributed by atoms with Gasteiger partial charge in [-0.05, 0) is 50.6 Å². The van der Waals surface area contributed by atoms with Crippen molar-refractivity contribution in [2.24, 2.45) is 0 Å². The van der Waals surface area contributed by atoms with Crippen molar-refractivity contribution in [1.82, 2.24) is 4.40 Å². The van der Waals surface area contributed by atoms with Gasteiger partial charge in [0.1, 0.15) is 5.75 Å². The van der Waals surface area contributed by atoms with Gasteiger partial charge >= 0.3 is 5.97 Å². The number of pyridine rings is 1. The van der Waals surface area contributed by atoms with Crippen molar-refractivity contribution < 1.29 is 14.3 Å². The van der Waals surface area contributed by atoms with Gasteiger partial charge in [0, 0.05) is 59.0 Å². The third-order valence-electron chi connectivity index (χ3n) is 8.27. The Balaban J connectivity index is 1.85. The van der Waals surface area contributed by atoms with Crippen LogP contribution in [0.25, 0.3) is 16.6 Å². The van der Waals surface area contributed by atoms with Gasteiger partial charge in [0.2, 0.25) is 0 Å². The summed E-state index contributed by atoms with van der Waals surface area (Å²) in [6, 6.07) is 21.7. The highest BCUT2D eigenvalue weighted by atomic mass is 35.5. The van der Waals surface area contributed by atoms with Gasteiger partial charge < -0.3 is 18.8 Å². The summed E-state index contributed by atoms with van der Waals surface area (Å²) in [4.78, 5) is 16.2. The summed E-state index contributed by atoms with van der Waals surface area (Å²) in [5, 5.41) is 0.0942. The molecule has 220 valence electrons. The predicted molar refractivity (Wildman–Crippen MR) is 176 cm³/mol. The van der Waals surface area contributed by atoms with E-state index >= 15 is 0 Å². The van der Waals surface area contributed by atoms with E-state index in [1.807, 2.05) is 79.9 Å². The van der Waals surface area contributed by atoms with Crippen LogP contribution < -0.4 is 9.64 Å².